The molecule has 13 heavy (non-hydrogen) atoms. The van der Waals surface area contributed by atoms with Crippen molar-refractivity contribution in [2.75, 3.05) is 25.9 Å². The Kier molecular flexibility index (Phi) is 2.92. The van der Waals surface area contributed by atoms with Crippen molar-refractivity contribution in [1.29, 1.82) is 0 Å². The highest BCUT2D eigenvalue weighted by atomic mass is 32.2. The molecule has 1 amide bonds. The molecule has 0 aromatic heterocycles. The van der Waals surface area contributed by atoms with E-state index in [-0.39, 0.29) is 6.04 Å². The van der Waals surface area contributed by atoms with Crippen LogP contribution in [0, 0.1) is 0 Å². The van der Waals surface area contributed by atoms with Crippen molar-refractivity contribution in [3.05, 3.63) is 0 Å². The summed E-state index contributed by atoms with van der Waals surface area (Å²) in [6.07, 6.45) is 1.96. The van der Waals surface area contributed by atoms with Crippen LogP contribution in [0.15, 0.2) is 0 Å². The van der Waals surface area contributed by atoms with Crippen LogP contribution >= 0.6 is 0 Å². The normalized spacial score (nSPS) is 26.0. The van der Waals surface area contributed by atoms with Gasteiger partial charge in [0.05, 0.1) is 6.26 Å². The highest BCUT2D eigenvalue weighted by Gasteiger charge is 2.27. The molecule has 0 spiro atoms. The molecule has 0 aromatic rings. The van der Waals surface area contributed by atoms with Crippen LogP contribution in [0.2, 0.25) is 0 Å². The molecule has 1 rings (SSSR count). The molecule has 0 aromatic carbocycles. The Morgan fingerprint density at radius 1 is 1.38 bits per heavy atom. The Labute approximate surface area is 78.4 Å². The molecule has 1 atom stereocenters. The number of carbonyl (C=O) groups is 1. The number of sulfonamides is 1. The summed E-state index contributed by atoms with van der Waals surface area (Å²) in [5.74, 6) is 0. The van der Waals surface area contributed by atoms with E-state index in [1.165, 1.54) is 10.6 Å². The zero-order valence-corrected chi connectivity index (χ0v) is 8.62. The number of piperazine rings is 1. The van der Waals surface area contributed by atoms with Gasteiger partial charge in [0.1, 0.15) is 0 Å². The van der Waals surface area contributed by atoms with Gasteiger partial charge in [-0.05, 0) is 6.92 Å². The standard InChI is InChI=1S/C7H14N2O3S/c1-7-5-9(13(2,11)12)4-3-8(7)6-10/h6-7H,3-5H2,1-2H3/t7-/m1/s1. The Bertz CT molecular complexity index is 288. The first-order chi connectivity index (χ1) is 5.95. The first-order valence-electron chi connectivity index (χ1n) is 4.11. The topological polar surface area (TPSA) is 57.7 Å². The van der Waals surface area contributed by atoms with Crippen molar-refractivity contribution in [3.63, 3.8) is 0 Å². The first-order valence-corrected chi connectivity index (χ1v) is 5.96. The smallest absolute Gasteiger partial charge is 0.211 e. The Hall–Kier alpha value is -0.620. The molecule has 0 aliphatic carbocycles. The minimum atomic E-state index is -3.10. The van der Waals surface area contributed by atoms with E-state index in [9.17, 15) is 13.2 Å². The summed E-state index contributed by atoms with van der Waals surface area (Å²) in [7, 11) is -3.10. The highest BCUT2D eigenvalue weighted by Crippen LogP contribution is 2.09. The zero-order valence-electron chi connectivity index (χ0n) is 7.80. The molecule has 1 aliphatic rings. The largest absolute Gasteiger partial charge is 0.340 e. The molecule has 0 saturated carbocycles. The van der Waals surface area contributed by atoms with Crippen LogP contribution in [-0.4, -0.2) is 56.0 Å². The average molecular weight is 206 g/mol. The van der Waals surface area contributed by atoms with Crippen LogP contribution in [0.5, 0.6) is 0 Å². The second-order valence-electron chi connectivity index (χ2n) is 3.31. The molecule has 5 nitrogen and oxygen atoms in total. The van der Waals surface area contributed by atoms with E-state index < -0.39 is 10.0 Å². The lowest BCUT2D eigenvalue weighted by molar-refractivity contribution is -0.121. The Morgan fingerprint density at radius 3 is 2.38 bits per heavy atom. The predicted molar refractivity (Wildman–Crippen MR) is 48.6 cm³/mol. The van der Waals surface area contributed by atoms with Crippen LogP contribution in [0.25, 0.3) is 0 Å². The fraction of sp³-hybridized carbons (Fsp3) is 0.857. The minimum Gasteiger partial charge on any atom is -0.340 e. The maximum atomic E-state index is 11.1. The van der Waals surface area contributed by atoms with Gasteiger partial charge in [0.15, 0.2) is 0 Å². The molecule has 0 radical (unpaired) electrons. The van der Waals surface area contributed by atoms with Crippen LogP contribution in [-0.2, 0) is 14.8 Å². The Balaban J connectivity index is 2.66. The van der Waals surface area contributed by atoms with Crippen LogP contribution in [0.3, 0.4) is 0 Å². The van der Waals surface area contributed by atoms with Crippen molar-refractivity contribution in [1.82, 2.24) is 9.21 Å². The summed E-state index contributed by atoms with van der Waals surface area (Å²) in [6.45, 7) is 3.13. The number of hydrogen-bond donors (Lipinski definition) is 0. The molecule has 0 N–H and O–H groups in total. The van der Waals surface area contributed by atoms with Gasteiger partial charge >= 0.3 is 0 Å². The monoisotopic (exact) mass is 206 g/mol. The van der Waals surface area contributed by atoms with E-state index in [0.29, 0.717) is 19.6 Å². The van der Waals surface area contributed by atoms with E-state index >= 15 is 0 Å². The zero-order chi connectivity index (χ0) is 10.1. The van der Waals surface area contributed by atoms with E-state index in [4.69, 9.17) is 0 Å². The quantitative estimate of drug-likeness (QED) is 0.551. The molecule has 1 aliphatic heterocycles. The van der Waals surface area contributed by atoms with E-state index in [2.05, 4.69) is 0 Å². The maximum absolute atomic E-state index is 11.1. The van der Waals surface area contributed by atoms with Gasteiger partial charge in [-0.15, -0.1) is 0 Å². The van der Waals surface area contributed by atoms with E-state index in [0.717, 1.165) is 6.41 Å². The molecule has 0 bridgehead atoms. The molecule has 1 saturated heterocycles. The van der Waals surface area contributed by atoms with Crippen molar-refractivity contribution in [2.45, 2.75) is 13.0 Å². The van der Waals surface area contributed by atoms with Gasteiger partial charge in [-0.1, -0.05) is 0 Å². The van der Waals surface area contributed by atoms with Crippen molar-refractivity contribution < 1.29 is 13.2 Å². The number of nitrogens with zero attached hydrogens (tertiary/aromatic N) is 2. The summed E-state index contributed by atoms with van der Waals surface area (Å²) < 4.78 is 23.7. The van der Waals surface area contributed by atoms with Gasteiger partial charge in [0.2, 0.25) is 16.4 Å². The first kappa shape index (κ1) is 10.5. The fourth-order valence-electron chi connectivity index (χ4n) is 1.40. The van der Waals surface area contributed by atoms with Gasteiger partial charge in [-0.2, -0.15) is 4.31 Å². The van der Waals surface area contributed by atoms with Gasteiger partial charge < -0.3 is 4.90 Å². The van der Waals surface area contributed by atoms with Crippen LogP contribution < -0.4 is 0 Å². The highest BCUT2D eigenvalue weighted by molar-refractivity contribution is 7.88. The lowest BCUT2D eigenvalue weighted by atomic mass is 10.2. The molecule has 1 fully saturated rings. The summed E-state index contributed by atoms with van der Waals surface area (Å²) in [6, 6.07) is -0.0269. The molecule has 76 valence electrons. The third kappa shape index (κ3) is 2.41. The third-order valence-electron chi connectivity index (χ3n) is 2.25. The minimum absolute atomic E-state index is 0.0269. The number of rotatable bonds is 2. The van der Waals surface area contributed by atoms with Gasteiger partial charge in [0, 0.05) is 25.7 Å². The van der Waals surface area contributed by atoms with Gasteiger partial charge in [-0.3, -0.25) is 4.79 Å². The third-order valence-corrected chi connectivity index (χ3v) is 3.52. The summed E-state index contributed by atoms with van der Waals surface area (Å²) >= 11 is 0. The van der Waals surface area contributed by atoms with E-state index in [1.54, 1.807) is 4.90 Å². The second-order valence-corrected chi connectivity index (χ2v) is 5.30. The molecular formula is C7H14N2O3S. The predicted octanol–water partition coefficient (Wildman–Crippen LogP) is -0.891. The fourth-order valence-corrected chi connectivity index (χ4v) is 2.30. The maximum Gasteiger partial charge on any atom is 0.211 e. The van der Waals surface area contributed by atoms with Crippen molar-refractivity contribution in [2.24, 2.45) is 0 Å². The SMILES string of the molecule is C[C@@H]1CN(S(C)(=O)=O)CCN1C=O. The van der Waals surface area contributed by atoms with Crippen LogP contribution in [0.1, 0.15) is 6.92 Å². The number of carbonyl (C=O) groups excluding carboxylic acids is 1. The second kappa shape index (κ2) is 3.63. The number of amides is 1. The van der Waals surface area contributed by atoms with Crippen molar-refractivity contribution in [3.8, 4) is 0 Å². The molecular weight excluding hydrogens is 192 g/mol. The van der Waals surface area contributed by atoms with Gasteiger partial charge in [-0.25, -0.2) is 8.42 Å². The summed E-state index contributed by atoms with van der Waals surface area (Å²) in [5, 5.41) is 0. The van der Waals surface area contributed by atoms with Gasteiger partial charge in [0.25, 0.3) is 0 Å². The van der Waals surface area contributed by atoms with Crippen LogP contribution in [0.4, 0.5) is 0 Å². The molecule has 1 heterocycles. The lowest BCUT2D eigenvalue weighted by Crippen LogP contribution is -2.52. The summed E-state index contributed by atoms with van der Waals surface area (Å²) in [5.41, 5.74) is 0. The summed E-state index contributed by atoms with van der Waals surface area (Å²) in [4.78, 5) is 12.1. The van der Waals surface area contributed by atoms with E-state index in [1.807, 2.05) is 6.92 Å². The Morgan fingerprint density at radius 2 is 2.00 bits per heavy atom. The average Bonchev–Trinajstić information content (AvgIpc) is 2.02. The molecule has 6 heteroatoms. The lowest BCUT2D eigenvalue weighted by Gasteiger charge is -2.36. The number of hydrogen-bond acceptors (Lipinski definition) is 3. The molecule has 0 unspecified atom stereocenters. The van der Waals surface area contributed by atoms with Crippen molar-refractivity contribution >= 4 is 16.4 Å².